The molecule has 0 aliphatic heterocycles. The summed E-state index contributed by atoms with van der Waals surface area (Å²) in [6.45, 7) is 1.29. The summed E-state index contributed by atoms with van der Waals surface area (Å²) in [6, 6.07) is 25.1. The Morgan fingerprint density at radius 2 is 1.61 bits per heavy atom. The predicted molar refractivity (Wildman–Crippen MR) is 111 cm³/mol. The highest BCUT2D eigenvalue weighted by Crippen LogP contribution is 2.18. The first-order valence-electron chi connectivity index (χ1n) is 9.14. The van der Waals surface area contributed by atoms with Crippen molar-refractivity contribution in [1.82, 2.24) is 5.32 Å². The van der Waals surface area contributed by atoms with Crippen LogP contribution in [0.3, 0.4) is 0 Å². The van der Waals surface area contributed by atoms with E-state index < -0.39 is 0 Å². The quantitative estimate of drug-likeness (QED) is 0.593. The van der Waals surface area contributed by atoms with Gasteiger partial charge in [-0.1, -0.05) is 48.5 Å². The summed E-state index contributed by atoms with van der Waals surface area (Å²) in [6.07, 6.45) is 0. The van der Waals surface area contributed by atoms with Gasteiger partial charge in [-0.15, -0.1) is 0 Å². The molecule has 3 rings (SSSR count). The summed E-state index contributed by atoms with van der Waals surface area (Å²) in [7, 11) is 1.64. The second-order valence-electron chi connectivity index (χ2n) is 6.26. The van der Waals surface area contributed by atoms with Crippen molar-refractivity contribution in [1.29, 1.82) is 0 Å². The lowest BCUT2D eigenvalue weighted by Gasteiger charge is -2.10. The lowest BCUT2D eigenvalue weighted by molar-refractivity contribution is -0.115. The van der Waals surface area contributed by atoms with E-state index in [4.69, 9.17) is 9.47 Å². The minimum absolute atomic E-state index is 0.104. The average Bonchev–Trinajstić information content (AvgIpc) is 2.74. The molecule has 0 unspecified atom stereocenters. The lowest BCUT2D eigenvalue weighted by Crippen LogP contribution is -2.27. The zero-order valence-corrected chi connectivity index (χ0v) is 15.9. The van der Waals surface area contributed by atoms with Crippen molar-refractivity contribution in [3.8, 4) is 11.5 Å². The Hall–Kier alpha value is -3.31. The van der Waals surface area contributed by atoms with Crippen LogP contribution in [0.15, 0.2) is 78.9 Å². The molecule has 2 N–H and O–H groups in total. The highest BCUT2D eigenvalue weighted by molar-refractivity contribution is 5.92. The smallest absolute Gasteiger partial charge is 0.238 e. The van der Waals surface area contributed by atoms with E-state index in [0.717, 1.165) is 28.3 Å². The molecule has 3 aromatic carbocycles. The van der Waals surface area contributed by atoms with Crippen molar-refractivity contribution in [3.05, 3.63) is 90.0 Å². The first-order valence-corrected chi connectivity index (χ1v) is 9.14. The van der Waals surface area contributed by atoms with E-state index in [1.54, 1.807) is 7.11 Å². The molecule has 28 heavy (non-hydrogen) atoms. The molecular weight excluding hydrogens is 352 g/mol. The monoisotopic (exact) mass is 376 g/mol. The van der Waals surface area contributed by atoms with Gasteiger partial charge in [0.05, 0.1) is 13.7 Å². The maximum absolute atomic E-state index is 12.1. The number of anilines is 1. The van der Waals surface area contributed by atoms with Gasteiger partial charge in [-0.05, 0) is 35.9 Å². The molecule has 0 heterocycles. The first-order chi connectivity index (χ1) is 13.7. The van der Waals surface area contributed by atoms with E-state index in [-0.39, 0.29) is 12.5 Å². The average molecular weight is 376 g/mol. The summed E-state index contributed by atoms with van der Waals surface area (Å²) >= 11 is 0. The van der Waals surface area contributed by atoms with E-state index >= 15 is 0 Å². The second-order valence-corrected chi connectivity index (χ2v) is 6.26. The number of amides is 1. The molecule has 3 aromatic rings. The van der Waals surface area contributed by atoms with Gasteiger partial charge in [0, 0.05) is 17.8 Å². The van der Waals surface area contributed by atoms with Crippen LogP contribution in [0.2, 0.25) is 0 Å². The molecule has 0 saturated heterocycles. The third-order valence-corrected chi connectivity index (χ3v) is 4.18. The van der Waals surface area contributed by atoms with E-state index in [1.165, 1.54) is 0 Å². The van der Waals surface area contributed by atoms with Gasteiger partial charge in [-0.2, -0.15) is 0 Å². The number of para-hydroxylation sites is 1. The molecule has 0 fully saturated rings. The number of ether oxygens (including phenoxy) is 2. The number of hydrogen-bond donors (Lipinski definition) is 2. The Morgan fingerprint density at radius 1 is 0.893 bits per heavy atom. The van der Waals surface area contributed by atoms with E-state index in [0.29, 0.717) is 13.2 Å². The zero-order valence-electron chi connectivity index (χ0n) is 15.9. The fourth-order valence-corrected chi connectivity index (χ4v) is 2.74. The van der Waals surface area contributed by atoms with E-state index in [9.17, 15) is 4.79 Å². The molecule has 0 bridgehead atoms. The van der Waals surface area contributed by atoms with Crippen molar-refractivity contribution >= 4 is 11.6 Å². The van der Waals surface area contributed by atoms with E-state index in [1.807, 2.05) is 78.9 Å². The third-order valence-electron chi connectivity index (χ3n) is 4.18. The molecule has 0 aliphatic carbocycles. The summed E-state index contributed by atoms with van der Waals surface area (Å²) in [5, 5.41) is 6.00. The van der Waals surface area contributed by atoms with Crippen LogP contribution < -0.4 is 20.1 Å². The Kier molecular flexibility index (Phi) is 7.04. The Labute approximate surface area is 165 Å². The number of benzene rings is 3. The number of hydrogen-bond acceptors (Lipinski definition) is 4. The minimum atomic E-state index is -0.104. The summed E-state index contributed by atoms with van der Waals surface area (Å²) in [5.41, 5.74) is 2.86. The maximum Gasteiger partial charge on any atom is 0.238 e. The molecular formula is C23H24N2O3. The van der Waals surface area contributed by atoms with Crippen LogP contribution in [0.4, 0.5) is 5.69 Å². The van der Waals surface area contributed by atoms with Crippen molar-refractivity contribution in [3.63, 3.8) is 0 Å². The van der Waals surface area contributed by atoms with Crippen LogP contribution in [0.25, 0.3) is 0 Å². The Balaban J connectivity index is 1.42. The number of methoxy groups -OCH3 is 1. The van der Waals surface area contributed by atoms with Crippen LogP contribution in [0.1, 0.15) is 11.1 Å². The first kappa shape index (κ1) is 19.5. The predicted octanol–water partition coefficient (Wildman–Crippen LogP) is 4.00. The molecule has 0 radical (unpaired) electrons. The second kappa shape index (κ2) is 10.1. The highest BCUT2D eigenvalue weighted by Gasteiger charge is 2.05. The third kappa shape index (κ3) is 5.86. The van der Waals surface area contributed by atoms with Crippen molar-refractivity contribution in [2.45, 2.75) is 13.2 Å². The SMILES string of the molecule is COc1ccccc1CNCC(=O)Nc1ccc(OCc2ccccc2)cc1. The summed E-state index contributed by atoms with van der Waals surface area (Å²) < 4.78 is 11.1. The molecule has 0 aromatic heterocycles. The Morgan fingerprint density at radius 3 is 2.36 bits per heavy atom. The molecule has 0 aliphatic rings. The topological polar surface area (TPSA) is 59.6 Å². The van der Waals surface area contributed by atoms with Crippen molar-refractivity contribution in [2.24, 2.45) is 0 Å². The fourth-order valence-electron chi connectivity index (χ4n) is 2.74. The number of carbonyl (C=O) groups excluding carboxylic acids is 1. The number of carbonyl (C=O) groups is 1. The maximum atomic E-state index is 12.1. The number of rotatable bonds is 9. The molecule has 5 nitrogen and oxygen atoms in total. The summed E-state index contributed by atoms with van der Waals surface area (Å²) in [5.74, 6) is 1.46. The molecule has 5 heteroatoms. The van der Waals surface area contributed by atoms with Gasteiger partial charge in [0.2, 0.25) is 5.91 Å². The lowest BCUT2D eigenvalue weighted by atomic mass is 10.2. The highest BCUT2D eigenvalue weighted by atomic mass is 16.5. The molecule has 0 atom stereocenters. The largest absolute Gasteiger partial charge is 0.496 e. The molecule has 0 saturated carbocycles. The van der Waals surface area contributed by atoms with Crippen molar-refractivity contribution in [2.75, 3.05) is 19.0 Å². The summed E-state index contributed by atoms with van der Waals surface area (Å²) in [4.78, 5) is 12.1. The van der Waals surface area contributed by atoms with Crippen LogP contribution in [0.5, 0.6) is 11.5 Å². The normalized spacial score (nSPS) is 10.3. The van der Waals surface area contributed by atoms with Gasteiger partial charge in [-0.3, -0.25) is 4.79 Å². The Bertz CT molecular complexity index is 880. The molecule has 0 spiro atoms. The number of nitrogens with one attached hydrogen (secondary N) is 2. The van der Waals surface area contributed by atoms with Crippen molar-refractivity contribution < 1.29 is 14.3 Å². The standard InChI is InChI=1S/C23H24N2O3/c1-27-22-10-6-5-9-19(22)15-24-16-23(26)25-20-11-13-21(14-12-20)28-17-18-7-3-2-4-8-18/h2-14,24H,15-17H2,1H3,(H,25,26). The van der Waals surface area contributed by atoms with Crippen LogP contribution in [-0.4, -0.2) is 19.6 Å². The van der Waals surface area contributed by atoms with Gasteiger partial charge < -0.3 is 20.1 Å². The fraction of sp³-hybridized carbons (Fsp3) is 0.174. The molecule has 1 amide bonds. The van der Waals surface area contributed by atoms with Gasteiger partial charge in [-0.25, -0.2) is 0 Å². The van der Waals surface area contributed by atoms with Crippen LogP contribution in [-0.2, 0) is 17.9 Å². The van der Waals surface area contributed by atoms with E-state index in [2.05, 4.69) is 10.6 Å². The molecule has 144 valence electrons. The van der Waals surface area contributed by atoms with Gasteiger partial charge >= 0.3 is 0 Å². The van der Waals surface area contributed by atoms with Gasteiger partial charge in [0.1, 0.15) is 18.1 Å². The zero-order chi connectivity index (χ0) is 19.6. The van der Waals surface area contributed by atoms with Crippen LogP contribution in [0, 0.1) is 0 Å². The van der Waals surface area contributed by atoms with Crippen LogP contribution >= 0.6 is 0 Å². The minimum Gasteiger partial charge on any atom is -0.496 e. The van der Waals surface area contributed by atoms with Gasteiger partial charge in [0.15, 0.2) is 0 Å². The van der Waals surface area contributed by atoms with Gasteiger partial charge in [0.25, 0.3) is 0 Å².